The van der Waals surface area contributed by atoms with E-state index in [0.29, 0.717) is 36.7 Å². The first-order chi connectivity index (χ1) is 15.5. The van der Waals surface area contributed by atoms with Crippen molar-refractivity contribution in [3.05, 3.63) is 65.5 Å². The summed E-state index contributed by atoms with van der Waals surface area (Å²) in [6.07, 6.45) is 4.05. The van der Waals surface area contributed by atoms with Crippen molar-refractivity contribution < 1.29 is 18.7 Å². The molecule has 0 spiro atoms. The van der Waals surface area contributed by atoms with Crippen molar-refractivity contribution in [1.82, 2.24) is 9.80 Å². The van der Waals surface area contributed by atoms with E-state index in [1.54, 1.807) is 0 Å². The summed E-state index contributed by atoms with van der Waals surface area (Å²) in [6.45, 7) is 5.74. The normalized spacial score (nSPS) is 19.6. The van der Waals surface area contributed by atoms with Gasteiger partial charge >= 0.3 is 0 Å². The van der Waals surface area contributed by atoms with E-state index in [2.05, 4.69) is 6.92 Å². The molecule has 0 radical (unpaired) electrons. The molecule has 6 heteroatoms. The number of halogens is 1. The van der Waals surface area contributed by atoms with Crippen molar-refractivity contribution >= 4 is 11.8 Å². The topological polar surface area (TPSA) is 49.9 Å². The molecule has 0 aliphatic carbocycles. The Balaban J connectivity index is 1.28. The molecule has 0 aromatic heterocycles. The van der Waals surface area contributed by atoms with Gasteiger partial charge in [0.05, 0.1) is 6.61 Å². The maximum absolute atomic E-state index is 13.1. The van der Waals surface area contributed by atoms with Crippen LogP contribution >= 0.6 is 0 Å². The van der Waals surface area contributed by atoms with Crippen LogP contribution in [0.2, 0.25) is 0 Å². The number of benzene rings is 2. The van der Waals surface area contributed by atoms with Gasteiger partial charge in [-0.05, 0) is 80.1 Å². The minimum atomic E-state index is -0.343. The van der Waals surface area contributed by atoms with Crippen LogP contribution in [0.15, 0.2) is 48.5 Å². The van der Waals surface area contributed by atoms with Crippen LogP contribution in [0.25, 0.3) is 0 Å². The summed E-state index contributed by atoms with van der Waals surface area (Å²) < 4.78 is 19.1. The van der Waals surface area contributed by atoms with Gasteiger partial charge in [-0.25, -0.2) is 4.39 Å². The summed E-state index contributed by atoms with van der Waals surface area (Å²) in [5.41, 5.74) is 1.21. The Morgan fingerprint density at radius 3 is 2.12 bits per heavy atom. The molecule has 2 aliphatic rings. The second kappa shape index (κ2) is 10.2. The predicted molar refractivity (Wildman–Crippen MR) is 121 cm³/mol. The second-order valence-electron chi connectivity index (χ2n) is 9.08. The first-order valence-corrected chi connectivity index (χ1v) is 11.6. The van der Waals surface area contributed by atoms with Gasteiger partial charge < -0.3 is 14.5 Å². The maximum atomic E-state index is 13.1. The van der Waals surface area contributed by atoms with Gasteiger partial charge in [0.25, 0.3) is 11.8 Å². The fraction of sp³-hybridized carbons (Fsp3) is 0.462. The van der Waals surface area contributed by atoms with Crippen molar-refractivity contribution in [2.24, 2.45) is 11.8 Å². The lowest BCUT2D eigenvalue weighted by Gasteiger charge is -2.32. The van der Waals surface area contributed by atoms with Crippen LogP contribution in [0.5, 0.6) is 5.75 Å². The lowest BCUT2D eigenvalue weighted by Crippen LogP contribution is -2.41. The minimum Gasteiger partial charge on any atom is -0.493 e. The summed E-state index contributed by atoms with van der Waals surface area (Å²) in [5, 5.41) is 0. The van der Waals surface area contributed by atoms with Crippen LogP contribution in [0.1, 0.15) is 53.3 Å². The second-order valence-corrected chi connectivity index (χ2v) is 9.08. The smallest absolute Gasteiger partial charge is 0.253 e. The van der Waals surface area contributed by atoms with E-state index in [0.717, 1.165) is 44.5 Å². The van der Waals surface area contributed by atoms with E-state index in [4.69, 9.17) is 4.74 Å². The lowest BCUT2D eigenvalue weighted by molar-refractivity contribution is 0.0633. The molecular weight excluding hydrogens is 407 g/mol. The van der Waals surface area contributed by atoms with Gasteiger partial charge in [-0.3, -0.25) is 9.59 Å². The predicted octanol–water partition coefficient (Wildman–Crippen LogP) is 4.63. The van der Waals surface area contributed by atoms with Crippen LogP contribution in [-0.2, 0) is 0 Å². The molecule has 0 bridgehead atoms. The molecule has 2 fully saturated rings. The Labute approximate surface area is 189 Å². The Bertz CT molecular complexity index is 921. The number of amides is 2. The van der Waals surface area contributed by atoms with E-state index in [9.17, 15) is 14.0 Å². The van der Waals surface area contributed by atoms with Crippen molar-refractivity contribution in [3.8, 4) is 5.75 Å². The zero-order chi connectivity index (χ0) is 22.5. The monoisotopic (exact) mass is 438 g/mol. The zero-order valence-corrected chi connectivity index (χ0v) is 18.6. The van der Waals surface area contributed by atoms with Gasteiger partial charge in [0.2, 0.25) is 0 Å². The van der Waals surface area contributed by atoms with E-state index in [1.165, 1.54) is 24.3 Å². The minimum absolute atomic E-state index is 0.0651. The first kappa shape index (κ1) is 22.3. The van der Waals surface area contributed by atoms with Gasteiger partial charge in [-0.2, -0.15) is 0 Å². The van der Waals surface area contributed by atoms with Crippen LogP contribution < -0.4 is 4.74 Å². The average Bonchev–Trinajstić information content (AvgIpc) is 2.83. The number of carbonyl (C=O) groups excluding carboxylic acids is 2. The first-order valence-electron chi connectivity index (χ1n) is 11.6. The number of piperidine rings is 2. The number of hydrogen-bond acceptors (Lipinski definition) is 3. The summed E-state index contributed by atoms with van der Waals surface area (Å²) >= 11 is 0. The molecule has 2 aromatic rings. The highest BCUT2D eigenvalue weighted by Gasteiger charge is 2.25. The molecule has 2 saturated heterocycles. The molecule has 2 amide bonds. The van der Waals surface area contributed by atoms with Crippen molar-refractivity contribution in [2.45, 2.75) is 32.6 Å². The van der Waals surface area contributed by atoms with Gasteiger partial charge in [0, 0.05) is 43.2 Å². The van der Waals surface area contributed by atoms with Crippen LogP contribution in [0.4, 0.5) is 4.39 Å². The van der Waals surface area contributed by atoms with E-state index in [-0.39, 0.29) is 23.5 Å². The molecule has 170 valence electrons. The fourth-order valence-electron chi connectivity index (χ4n) is 4.46. The van der Waals surface area contributed by atoms with E-state index in [1.807, 2.05) is 34.1 Å². The largest absolute Gasteiger partial charge is 0.493 e. The number of nitrogens with zero attached hydrogens (tertiary/aromatic N) is 2. The highest BCUT2D eigenvalue weighted by Crippen LogP contribution is 2.22. The zero-order valence-electron chi connectivity index (χ0n) is 18.6. The molecule has 4 rings (SSSR count). The SMILES string of the molecule is CC1CCN(C(=O)c2ccc(OCC3CCCN(C(=O)c4ccc(F)cc4)C3)cc2)CC1. The van der Waals surface area contributed by atoms with Crippen molar-refractivity contribution in [1.29, 1.82) is 0 Å². The highest BCUT2D eigenvalue weighted by molar-refractivity contribution is 5.94. The summed E-state index contributed by atoms with van der Waals surface area (Å²) in [4.78, 5) is 29.2. The number of rotatable bonds is 5. The standard InChI is InChI=1S/C26H31FN2O3/c1-19-12-15-28(16-13-19)25(30)22-6-10-24(11-7-22)32-18-20-3-2-14-29(17-20)26(31)21-4-8-23(27)9-5-21/h4-11,19-20H,2-3,12-18H2,1H3. The van der Waals surface area contributed by atoms with Gasteiger partial charge in [0.1, 0.15) is 11.6 Å². The van der Waals surface area contributed by atoms with Gasteiger partial charge in [-0.15, -0.1) is 0 Å². The fourth-order valence-corrected chi connectivity index (χ4v) is 4.46. The Hall–Kier alpha value is -2.89. The number of hydrogen-bond donors (Lipinski definition) is 0. The van der Waals surface area contributed by atoms with Crippen LogP contribution in [-0.4, -0.2) is 54.4 Å². The Morgan fingerprint density at radius 1 is 0.875 bits per heavy atom. The maximum Gasteiger partial charge on any atom is 0.253 e. The molecule has 1 unspecified atom stereocenters. The average molecular weight is 439 g/mol. The van der Waals surface area contributed by atoms with Crippen molar-refractivity contribution in [3.63, 3.8) is 0 Å². The molecule has 5 nitrogen and oxygen atoms in total. The number of carbonyl (C=O) groups is 2. The lowest BCUT2D eigenvalue weighted by atomic mass is 9.98. The third-order valence-corrected chi connectivity index (χ3v) is 6.56. The number of ether oxygens (including phenoxy) is 1. The van der Waals surface area contributed by atoms with Crippen LogP contribution in [0, 0.1) is 17.7 Å². The molecule has 32 heavy (non-hydrogen) atoms. The molecule has 1 atom stereocenters. The summed E-state index contributed by atoms with van der Waals surface area (Å²) in [6, 6.07) is 13.1. The van der Waals surface area contributed by atoms with Gasteiger partial charge in [-0.1, -0.05) is 6.92 Å². The van der Waals surface area contributed by atoms with Gasteiger partial charge in [0.15, 0.2) is 0 Å². The molecule has 2 aliphatic heterocycles. The quantitative estimate of drug-likeness (QED) is 0.684. The molecular formula is C26H31FN2O3. The third kappa shape index (κ3) is 5.47. The highest BCUT2D eigenvalue weighted by atomic mass is 19.1. The molecule has 0 N–H and O–H groups in total. The Morgan fingerprint density at radius 2 is 1.47 bits per heavy atom. The number of likely N-dealkylation sites (tertiary alicyclic amines) is 2. The third-order valence-electron chi connectivity index (χ3n) is 6.56. The molecule has 2 heterocycles. The Kier molecular flexibility index (Phi) is 7.08. The van der Waals surface area contributed by atoms with E-state index < -0.39 is 0 Å². The summed E-state index contributed by atoms with van der Waals surface area (Å²) in [7, 11) is 0. The van der Waals surface area contributed by atoms with E-state index >= 15 is 0 Å². The van der Waals surface area contributed by atoms with Crippen molar-refractivity contribution in [2.75, 3.05) is 32.8 Å². The molecule has 2 aromatic carbocycles. The van der Waals surface area contributed by atoms with Crippen LogP contribution in [0.3, 0.4) is 0 Å². The summed E-state index contributed by atoms with van der Waals surface area (Å²) in [5.74, 6) is 1.34. The molecule has 0 saturated carbocycles.